The van der Waals surface area contributed by atoms with E-state index < -0.39 is 0 Å². The third-order valence-electron chi connectivity index (χ3n) is 2.54. The Morgan fingerprint density at radius 2 is 2.27 bits per heavy atom. The summed E-state index contributed by atoms with van der Waals surface area (Å²) in [6, 6.07) is 6.24. The normalized spacial score (nSPS) is 20.8. The van der Waals surface area contributed by atoms with Gasteiger partial charge in [0.15, 0.2) is 0 Å². The molecule has 0 aromatic heterocycles. The summed E-state index contributed by atoms with van der Waals surface area (Å²) >= 11 is 6.17. The Balaban J connectivity index is 0.00000112. The summed E-state index contributed by atoms with van der Waals surface area (Å²) in [5.41, 5.74) is 2.40. The Bertz CT molecular complexity index is 304. The zero-order valence-electron chi connectivity index (χ0n) is 8.63. The van der Waals surface area contributed by atoms with Crippen molar-refractivity contribution in [3.8, 4) is 0 Å². The van der Waals surface area contributed by atoms with Crippen LogP contribution in [0.5, 0.6) is 0 Å². The number of ether oxygens (including phenoxy) is 1. The average molecular weight is 248 g/mol. The lowest BCUT2D eigenvalue weighted by Gasteiger charge is -2.26. The molecule has 0 amide bonds. The van der Waals surface area contributed by atoms with Crippen LogP contribution in [0.3, 0.4) is 0 Å². The number of hydrogen-bond acceptors (Lipinski definition) is 2. The molecule has 0 radical (unpaired) electrons. The van der Waals surface area contributed by atoms with Gasteiger partial charge in [-0.1, -0.05) is 23.7 Å². The quantitative estimate of drug-likeness (QED) is 0.825. The van der Waals surface area contributed by atoms with Crippen molar-refractivity contribution in [2.45, 2.75) is 13.0 Å². The van der Waals surface area contributed by atoms with Crippen LogP contribution in [0.15, 0.2) is 18.2 Å². The van der Waals surface area contributed by atoms with E-state index in [4.69, 9.17) is 16.3 Å². The highest BCUT2D eigenvalue weighted by atomic mass is 35.5. The van der Waals surface area contributed by atoms with Crippen LogP contribution in [0.2, 0.25) is 5.02 Å². The standard InChI is InChI=1S/C11H14ClNO.ClH/c1-8-3-2-4-9(12)11(8)10-7-14-6-5-13-10;/h2-4,10,13H,5-7H2,1H3;1H/t10-;/m1./s1. The molecular formula is C11H15Cl2NO. The van der Waals surface area contributed by atoms with Crippen molar-refractivity contribution in [2.24, 2.45) is 0 Å². The van der Waals surface area contributed by atoms with Crippen LogP contribution in [-0.2, 0) is 4.74 Å². The topological polar surface area (TPSA) is 21.3 Å². The molecule has 1 aliphatic heterocycles. The number of hydrogen-bond donors (Lipinski definition) is 1. The summed E-state index contributed by atoms with van der Waals surface area (Å²) in [6.45, 7) is 4.48. The molecule has 0 unspecified atom stereocenters. The highest BCUT2D eigenvalue weighted by Gasteiger charge is 2.19. The van der Waals surface area contributed by atoms with Gasteiger partial charge in [0, 0.05) is 11.6 Å². The third kappa shape index (κ3) is 2.85. The molecule has 1 aromatic carbocycles. The largest absolute Gasteiger partial charge is 0.378 e. The number of aryl methyl sites for hydroxylation is 1. The summed E-state index contributed by atoms with van der Waals surface area (Å²) in [7, 11) is 0. The molecule has 1 aliphatic rings. The minimum Gasteiger partial charge on any atom is -0.378 e. The monoisotopic (exact) mass is 247 g/mol. The SMILES string of the molecule is Cc1cccc(Cl)c1[C@H]1COCCN1.Cl. The van der Waals surface area contributed by atoms with E-state index in [1.807, 2.05) is 12.1 Å². The van der Waals surface area contributed by atoms with Crippen LogP contribution in [0.4, 0.5) is 0 Å². The van der Waals surface area contributed by atoms with Gasteiger partial charge in [0.2, 0.25) is 0 Å². The highest BCUT2D eigenvalue weighted by Crippen LogP contribution is 2.27. The maximum absolute atomic E-state index is 6.17. The van der Waals surface area contributed by atoms with Gasteiger partial charge in [-0.3, -0.25) is 0 Å². The van der Waals surface area contributed by atoms with Crippen LogP contribution in [0.25, 0.3) is 0 Å². The summed E-state index contributed by atoms with van der Waals surface area (Å²) in [6.07, 6.45) is 0. The third-order valence-corrected chi connectivity index (χ3v) is 2.87. The van der Waals surface area contributed by atoms with E-state index in [1.54, 1.807) is 0 Å². The molecule has 0 aliphatic carbocycles. The summed E-state index contributed by atoms with van der Waals surface area (Å²) in [5, 5.41) is 4.23. The van der Waals surface area contributed by atoms with Crippen LogP contribution >= 0.6 is 24.0 Å². The number of halogens is 2. The number of rotatable bonds is 1. The predicted molar refractivity (Wildman–Crippen MR) is 65.0 cm³/mol. The van der Waals surface area contributed by atoms with E-state index in [9.17, 15) is 0 Å². The number of benzene rings is 1. The second kappa shape index (κ2) is 5.71. The molecule has 84 valence electrons. The average Bonchev–Trinajstić information content (AvgIpc) is 2.19. The van der Waals surface area contributed by atoms with E-state index in [0.29, 0.717) is 6.61 Å². The molecular weight excluding hydrogens is 233 g/mol. The lowest BCUT2D eigenvalue weighted by Crippen LogP contribution is -2.35. The molecule has 1 atom stereocenters. The lowest BCUT2D eigenvalue weighted by molar-refractivity contribution is 0.0767. The van der Waals surface area contributed by atoms with E-state index in [2.05, 4.69) is 18.3 Å². The molecule has 2 nitrogen and oxygen atoms in total. The Morgan fingerprint density at radius 3 is 2.87 bits per heavy atom. The van der Waals surface area contributed by atoms with Crippen molar-refractivity contribution in [1.29, 1.82) is 0 Å². The smallest absolute Gasteiger partial charge is 0.0662 e. The molecule has 1 saturated heterocycles. The molecule has 1 aromatic rings. The molecule has 15 heavy (non-hydrogen) atoms. The number of morpholine rings is 1. The van der Waals surface area contributed by atoms with Crippen LogP contribution < -0.4 is 5.32 Å². The van der Waals surface area contributed by atoms with Crippen molar-refractivity contribution in [1.82, 2.24) is 5.32 Å². The van der Waals surface area contributed by atoms with Gasteiger partial charge >= 0.3 is 0 Å². The summed E-state index contributed by atoms with van der Waals surface area (Å²) in [4.78, 5) is 0. The second-order valence-corrected chi connectivity index (χ2v) is 3.96. The van der Waals surface area contributed by atoms with Gasteiger partial charge in [-0.2, -0.15) is 0 Å². The fourth-order valence-electron chi connectivity index (χ4n) is 1.84. The van der Waals surface area contributed by atoms with Crippen molar-refractivity contribution in [3.05, 3.63) is 34.3 Å². The Labute approximate surface area is 101 Å². The molecule has 1 fully saturated rings. The Morgan fingerprint density at radius 1 is 1.47 bits per heavy atom. The Kier molecular flexibility index (Phi) is 4.87. The first-order valence-corrected chi connectivity index (χ1v) is 5.23. The van der Waals surface area contributed by atoms with Crippen molar-refractivity contribution < 1.29 is 4.74 Å². The highest BCUT2D eigenvalue weighted by molar-refractivity contribution is 6.31. The minimum absolute atomic E-state index is 0. The van der Waals surface area contributed by atoms with Gasteiger partial charge in [0.25, 0.3) is 0 Å². The fourth-order valence-corrected chi connectivity index (χ4v) is 2.19. The van der Waals surface area contributed by atoms with E-state index >= 15 is 0 Å². The van der Waals surface area contributed by atoms with Gasteiger partial charge in [-0.05, 0) is 24.1 Å². The summed E-state index contributed by atoms with van der Waals surface area (Å²) in [5.74, 6) is 0. The van der Waals surface area contributed by atoms with Crippen molar-refractivity contribution in [3.63, 3.8) is 0 Å². The first kappa shape index (κ1) is 12.8. The van der Waals surface area contributed by atoms with Gasteiger partial charge in [0.05, 0.1) is 19.3 Å². The van der Waals surface area contributed by atoms with Crippen LogP contribution in [0, 0.1) is 6.92 Å². The molecule has 0 bridgehead atoms. The van der Waals surface area contributed by atoms with Crippen molar-refractivity contribution in [2.75, 3.05) is 19.8 Å². The summed E-state index contributed by atoms with van der Waals surface area (Å²) < 4.78 is 5.43. The van der Waals surface area contributed by atoms with E-state index in [1.165, 1.54) is 11.1 Å². The molecule has 0 saturated carbocycles. The zero-order chi connectivity index (χ0) is 9.97. The fraction of sp³-hybridized carbons (Fsp3) is 0.455. The maximum Gasteiger partial charge on any atom is 0.0662 e. The number of nitrogens with one attached hydrogen (secondary N) is 1. The van der Waals surface area contributed by atoms with E-state index in [-0.39, 0.29) is 18.4 Å². The first-order chi connectivity index (χ1) is 6.79. The Hall–Kier alpha value is -0.280. The molecule has 4 heteroatoms. The second-order valence-electron chi connectivity index (χ2n) is 3.55. The van der Waals surface area contributed by atoms with Gasteiger partial charge in [-0.15, -0.1) is 12.4 Å². The molecule has 1 heterocycles. The zero-order valence-corrected chi connectivity index (χ0v) is 10.2. The van der Waals surface area contributed by atoms with Gasteiger partial charge in [0.1, 0.15) is 0 Å². The van der Waals surface area contributed by atoms with Gasteiger partial charge < -0.3 is 10.1 Å². The first-order valence-electron chi connectivity index (χ1n) is 4.85. The maximum atomic E-state index is 6.17. The van der Waals surface area contributed by atoms with Crippen molar-refractivity contribution >= 4 is 24.0 Å². The lowest BCUT2D eigenvalue weighted by atomic mass is 10.0. The predicted octanol–water partition coefficient (Wildman–Crippen LogP) is 2.73. The van der Waals surface area contributed by atoms with Gasteiger partial charge in [-0.25, -0.2) is 0 Å². The molecule has 2 rings (SSSR count). The van der Waals surface area contributed by atoms with Crippen LogP contribution in [-0.4, -0.2) is 19.8 Å². The van der Waals surface area contributed by atoms with Crippen LogP contribution in [0.1, 0.15) is 17.2 Å². The molecule has 0 spiro atoms. The van der Waals surface area contributed by atoms with E-state index in [0.717, 1.165) is 18.2 Å². The minimum atomic E-state index is 0. The molecule has 1 N–H and O–H groups in total.